The van der Waals surface area contributed by atoms with Crippen LogP contribution >= 0.6 is 0 Å². The summed E-state index contributed by atoms with van der Waals surface area (Å²) in [6.07, 6.45) is 1.64. The number of benzene rings is 2. The van der Waals surface area contributed by atoms with E-state index in [1.807, 2.05) is 0 Å². The monoisotopic (exact) mass is 447 g/mol. The first kappa shape index (κ1) is 20.2. The number of aryl methyl sites for hydroxylation is 1. The summed E-state index contributed by atoms with van der Waals surface area (Å²) in [6.45, 7) is 3.08. The lowest BCUT2D eigenvalue weighted by Crippen LogP contribution is -2.51. The summed E-state index contributed by atoms with van der Waals surface area (Å²) in [7, 11) is -3.59. The zero-order valence-corrected chi connectivity index (χ0v) is 17.5. The summed E-state index contributed by atoms with van der Waals surface area (Å²) < 4.78 is 56.6. The molecule has 0 radical (unpaired) electrons. The molecule has 1 fully saturated rings. The van der Waals surface area contributed by atoms with Gasteiger partial charge < -0.3 is 18.9 Å². The Morgan fingerprint density at radius 1 is 1.13 bits per heavy atom. The van der Waals surface area contributed by atoms with E-state index >= 15 is 0 Å². The number of nitrogens with one attached hydrogen (secondary N) is 1. The Balaban J connectivity index is 1.06. The molecular formula is C21H22FN3O5S. The SMILES string of the molecule is O=S(=O)(NCC1CN(CCCc2noc3cc(F)ccc23)C1)c1ccc2c(c1)OCO2. The highest BCUT2D eigenvalue weighted by molar-refractivity contribution is 7.89. The summed E-state index contributed by atoms with van der Waals surface area (Å²) >= 11 is 0. The fraction of sp³-hybridized carbons (Fsp3) is 0.381. The van der Waals surface area contributed by atoms with Crippen molar-refractivity contribution in [1.29, 1.82) is 0 Å². The van der Waals surface area contributed by atoms with E-state index in [-0.39, 0.29) is 23.4 Å². The zero-order chi connectivity index (χ0) is 21.4. The maximum Gasteiger partial charge on any atom is 0.240 e. The third kappa shape index (κ3) is 4.23. The van der Waals surface area contributed by atoms with Crippen molar-refractivity contribution in [2.45, 2.75) is 17.7 Å². The Hall–Kier alpha value is -2.69. The fourth-order valence-electron chi connectivity index (χ4n) is 3.96. The minimum atomic E-state index is -3.59. The zero-order valence-electron chi connectivity index (χ0n) is 16.7. The lowest BCUT2D eigenvalue weighted by molar-refractivity contribution is 0.102. The predicted molar refractivity (Wildman–Crippen MR) is 110 cm³/mol. The number of hydrogen-bond donors (Lipinski definition) is 1. The summed E-state index contributed by atoms with van der Waals surface area (Å²) in [5.41, 5.74) is 1.30. The summed E-state index contributed by atoms with van der Waals surface area (Å²) in [5, 5.41) is 4.89. The molecule has 1 N–H and O–H groups in total. The van der Waals surface area contributed by atoms with Crippen molar-refractivity contribution in [2.24, 2.45) is 5.92 Å². The maximum absolute atomic E-state index is 13.2. The molecule has 164 valence electrons. The van der Waals surface area contributed by atoms with Crippen molar-refractivity contribution in [3.05, 3.63) is 47.9 Å². The predicted octanol–water partition coefficient (Wildman–Crippen LogP) is 2.54. The van der Waals surface area contributed by atoms with E-state index < -0.39 is 10.0 Å². The van der Waals surface area contributed by atoms with Crippen LogP contribution in [0, 0.1) is 11.7 Å². The smallest absolute Gasteiger partial charge is 0.240 e. The molecule has 8 nitrogen and oxygen atoms in total. The lowest BCUT2D eigenvalue weighted by atomic mass is 10.00. The summed E-state index contributed by atoms with van der Waals surface area (Å²) in [6, 6.07) is 9.06. The van der Waals surface area contributed by atoms with E-state index in [1.54, 1.807) is 12.1 Å². The minimum absolute atomic E-state index is 0.107. The molecule has 10 heteroatoms. The number of ether oxygens (including phenoxy) is 2. The molecule has 2 aliphatic heterocycles. The van der Waals surface area contributed by atoms with E-state index in [1.165, 1.54) is 24.3 Å². The fourth-order valence-corrected chi connectivity index (χ4v) is 5.09. The molecule has 0 amide bonds. The minimum Gasteiger partial charge on any atom is -0.454 e. The number of fused-ring (bicyclic) bond motifs is 2. The van der Waals surface area contributed by atoms with Crippen molar-refractivity contribution < 1.29 is 26.8 Å². The number of likely N-dealkylation sites (tertiary alicyclic amines) is 1. The van der Waals surface area contributed by atoms with Crippen LogP contribution in [0.15, 0.2) is 45.8 Å². The molecule has 0 atom stereocenters. The van der Waals surface area contributed by atoms with E-state index in [0.29, 0.717) is 23.6 Å². The molecule has 3 heterocycles. The number of nitrogens with zero attached hydrogens (tertiary/aromatic N) is 2. The van der Waals surface area contributed by atoms with Gasteiger partial charge in [0, 0.05) is 37.2 Å². The third-order valence-corrected chi connectivity index (χ3v) is 7.07. The largest absolute Gasteiger partial charge is 0.454 e. The highest BCUT2D eigenvalue weighted by Gasteiger charge is 2.28. The van der Waals surface area contributed by atoms with Gasteiger partial charge in [-0.05, 0) is 49.6 Å². The highest BCUT2D eigenvalue weighted by Crippen LogP contribution is 2.33. The van der Waals surface area contributed by atoms with Crippen molar-refractivity contribution in [3.8, 4) is 11.5 Å². The molecule has 0 aliphatic carbocycles. The molecule has 3 aromatic rings. The van der Waals surface area contributed by atoms with E-state index in [4.69, 9.17) is 14.0 Å². The second-order valence-electron chi connectivity index (χ2n) is 7.87. The van der Waals surface area contributed by atoms with Gasteiger partial charge in [0.25, 0.3) is 0 Å². The van der Waals surface area contributed by atoms with Crippen LogP contribution in [0.4, 0.5) is 4.39 Å². The molecule has 2 aromatic carbocycles. The van der Waals surface area contributed by atoms with Gasteiger partial charge in [0.05, 0.1) is 10.6 Å². The van der Waals surface area contributed by atoms with Crippen LogP contribution in [0.1, 0.15) is 12.1 Å². The lowest BCUT2D eigenvalue weighted by Gasteiger charge is -2.39. The first-order chi connectivity index (χ1) is 15.0. The van der Waals surface area contributed by atoms with Crippen LogP contribution in [0.3, 0.4) is 0 Å². The van der Waals surface area contributed by atoms with E-state index in [0.717, 1.165) is 43.6 Å². The van der Waals surface area contributed by atoms with Gasteiger partial charge >= 0.3 is 0 Å². The average Bonchev–Trinajstić information content (AvgIpc) is 3.34. The molecule has 1 saturated heterocycles. The standard InChI is InChI=1S/C21H22FN3O5S/c22-15-3-5-17-18(24-30-20(17)8-15)2-1-7-25-11-14(12-25)10-23-31(26,27)16-4-6-19-21(9-16)29-13-28-19/h3-6,8-9,14,23H,1-2,7,10-13H2. The van der Waals surface area contributed by atoms with Crippen molar-refractivity contribution in [3.63, 3.8) is 0 Å². The number of halogens is 1. The van der Waals surface area contributed by atoms with Crippen LogP contribution < -0.4 is 14.2 Å². The molecule has 0 unspecified atom stereocenters. The second kappa shape index (κ2) is 8.10. The van der Waals surface area contributed by atoms with E-state index in [2.05, 4.69) is 14.8 Å². The quantitative estimate of drug-likeness (QED) is 0.567. The van der Waals surface area contributed by atoms with Crippen molar-refractivity contribution in [1.82, 2.24) is 14.8 Å². The first-order valence-corrected chi connectivity index (χ1v) is 11.6. The van der Waals surface area contributed by atoms with Gasteiger partial charge in [-0.15, -0.1) is 0 Å². The topological polar surface area (TPSA) is 93.9 Å². The van der Waals surface area contributed by atoms with Crippen LogP contribution in [0.2, 0.25) is 0 Å². The van der Waals surface area contributed by atoms with Gasteiger partial charge in [-0.3, -0.25) is 0 Å². The molecule has 0 saturated carbocycles. The number of rotatable bonds is 8. The summed E-state index contributed by atoms with van der Waals surface area (Å²) in [5.74, 6) is 0.942. The van der Waals surface area contributed by atoms with Gasteiger partial charge in [0.2, 0.25) is 16.8 Å². The summed E-state index contributed by atoms with van der Waals surface area (Å²) in [4.78, 5) is 2.45. The van der Waals surface area contributed by atoms with Crippen molar-refractivity contribution >= 4 is 21.0 Å². The molecule has 2 aliphatic rings. The van der Waals surface area contributed by atoms with Crippen molar-refractivity contribution in [2.75, 3.05) is 33.0 Å². The second-order valence-corrected chi connectivity index (χ2v) is 9.63. The molecule has 0 spiro atoms. The van der Waals surface area contributed by atoms with Crippen LogP contribution in [-0.4, -0.2) is 51.4 Å². The Kier molecular flexibility index (Phi) is 5.28. The molecule has 1 aromatic heterocycles. The first-order valence-electron chi connectivity index (χ1n) is 10.1. The number of hydrogen-bond acceptors (Lipinski definition) is 7. The van der Waals surface area contributed by atoms with E-state index in [9.17, 15) is 12.8 Å². The third-order valence-electron chi connectivity index (χ3n) is 5.65. The van der Waals surface area contributed by atoms with Crippen LogP contribution in [-0.2, 0) is 16.4 Å². The van der Waals surface area contributed by atoms with Gasteiger partial charge in [0.15, 0.2) is 17.1 Å². The van der Waals surface area contributed by atoms with Crippen LogP contribution in [0.5, 0.6) is 11.5 Å². The van der Waals surface area contributed by atoms with Gasteiger partial charge in [-0.1, -0.05) is 5.16 Å². The van der Waals surface area contributed by atoms with Gasteiger partial charge in [-0.2, -0.15) is 0 Å². The Bertz CT molecular complexity index is 1210. The molecule has 0 bridgehead atoms. The van der Waals surface area contributed by atoms with Gasteiger partial charge in [-0.25, -0.2) is 17.5 Å². The van der Waals surface area contributed by atoms with Gasteiger partial charge in [0.1, 0.15) is 5.82 Å². The number of sulfonamides is 1. The highest BCUT2D eigenvalue weighted by atomic mass is 32.2. The average molecular weight is 447 g/mol. The number of aromatic nitrogens is 1. The Morgan fingerprint density at radius 2 is 1.97 bits per heavy atom. The Labute approximate surface area is 179 Å². The van der Waals surface area contributed by atoms with Crippen LogP contribution in [0.25, 0.3) is 11.0 Å². The molecular weight excluding hydrogens is 425 g/mol. The normalized spacial score (nSPS) is 16.7. The maximum atomic E-state index is 13.2. The Morgan fingerprint density at radius 3 is 2.84 bits per heavy atom. The molecule has 5 rings (SSSR count). The molecule has 31 heavy (non-hydrogen) atoms.